The predicted molar refractivity (Wildman–Crippen MR) is 160 cm³/mol. The molecule has 3 aliphatic carbocycles. The number of fused-ring (bicyclic) bond motifs is 3. The monoisotopic (exact) mass is 501 g/mol. The van der Waals surface area contributed by atoms with Crippen molar-refractivity contribution in [1.82, 2.24) is 0 Å². The first kappa shape index (κ1) is 23.8. The van der Waals surface area contributed by atoms with Crippen LogP contribution in [0.25, 0.3) is 21.9 Å². The molecular weight excluding hydrogens is 462 g/mol. The zero-order valence-electron chi connectivity index (χ0n) is 22.4. The molecule has 3 aliphatic rings. The topological polar surface area (TPSA) is 16.4 Å². The van der Waals surface area contributed by atoms with Gasteiger partial charge in [-0.15, -0.1) is 0 Å². The van der Waals surface area contributed by atoms with E-state index < -0.39 is 0 Å². The average molecular weight is 502 g/mol. The molecule has 3 aromatic carbocycles. The van der Waals surface area contributed by atoms with Crippen molar-refractivity contribution >= 4 is 33.3 Å². The van der Waals surface area contributed by atoms with Crippen LogP contribution in [0.5, 0.6) is 0 Å². The summed E-state index contributed by atoms with van der Waals surface area (Å²) in [6, 6.07) is 24.5. The van der Waals surface area contributed by atoms with Crippen molar-refractivity contribution in [3.63, 3.8) is 0 Å². The fraction of sp³-hybridized carbons (Fsp3) is 0.389. The Kier molecular flexibility index (Phi) is 6.57. The molecule has 0 bridgehead atoms. The molecule has 0 amide bonds. The molecule has 38 heavy (non-hydrogen) atoms. The maximum atomic E-state index is 6.30. The van der Waals surface area contributed by atoms with Gasteiger partial charge in [0.2, 0.25) is 0 Å². The second-order valence-corrected chi connectivity index (χ2v) is 11.8. The molecule has 2 saturated carbocycles. The van der Waals surface area contributed by atoms with Gasteiger partial charge in [-0.1, -0.05) is 87.1 Å². The van der Waals surface area contributed by atoms with Crippen molar-refractivity contribution in [3.05, 3.63) is 96.2 Å². The van der Waals surface area contributed by atoms with Crippen molar-refractivity contribution < 1.29 is 4.42 Å². The highest BCUT2D eigenvalue weighted by Gasteiger charge is 2.26. The van der Waals surface area contributed by atoms with E-state index >= 15 is 0 Å². The van der Waals surface area contributed by atoms with Crippen LogP contribution < -0.4 is 4.90 Å². The van der Waals surface area contributed by atoms with E-state index in [1.165, 1.54) is 97.6 Å². The van der Waals surface area contributed by atoms with Gasteiger partial charge in [0.15, 0.2) is 0 Å². The number of allylic oxidation sites excluding steroid dienone is 3. The lowest BCUT2D eigenvalue weighted by Crippen LogP contribution is -2.21. The van der Waals surface area contributed by atoms with Crippen LogP contribution in [-0.2, 0) is 0 Å². The van der Waals surface area contributed by atoms with Crippen LogP contribution in [0.1, 0.15) is 82.1 Å². The maximum absolute atomic E-state index is 6.30. The molecule has 7 rings (SSSR count). The smallest absolute Gasteiger partial charge is 0.137 e. The normalized spacial score (nSPS) is 21.2. The Balaban J connectivity index is 1.29. The Hall–Kier alpha value is -3.26. The summed E-state index contributed by atoms with van der Waals surface area (Å²) in [6.07, 6.45) is 22.4. The lowest BCUT2D eigenvalue weighted by molar-refractivity contribution is 0.285. The van der Waals surface area contributed by atoms with Crippen molar-refractivity contribution in [3.8, 4) is 0 Å². The second kappa shape index (κ2) is 10.5. The van der Waals surface area contributed by atoms with E-state index in [0.717, 1.165) is 29.4 Å². The first-order valence-corrected chi connectivity index (χ1v) is 15.0. The molecule has 0 aliphatic heterocycles. The molecule has 2 fully saturated rings. The fourth-order valence-electron chi connectivity index (χ4n) is 7.40. The zero-order chi connectivity index (χ0) is 25.3. The minimum Gasteiger partial charge on any atom is -0.456 e. The van der Waals surface area contributed by atoms with Crippen LogP contribution >= 0.6 is 0 Å². The molecule has 0 spiro atoms. The van der Waals surface area contributed by atoms with Gasteiger partial charge < -0.3 is 9.32 Å². The van der Waals surface area contributed by atoms with Crippen molar-refractivity contribution in [2.75, 3.05) is 4.90 Å². The van der Waals surface area contributed by atoms with Gasteiger partial charge in [-0.2, -0.15) is 0 Å². The minimum atomic E-state index is 0.681. The van der Waals surface area contributed by atoms with Gasteiger partial charge in [-0.3, -0.25) is 0 Å². The first-order chi connectivity index (χ1) is 18.8. The molecule has 0 saturated heterocycles. The number of anilines is 2. The number of hydrogen-bond donors (Lipinski definition) is 0. The third-order valence-corrected chi connectivity index (χ3v) is 9.48. The van der Waals surface area contributed by atoms with Gasteiger partial charge in [0.1, 0.15) is 11.2 Å². The van der Waals surface area contributed by atoms with Crippen LogP contribution in [0.4, 0.5) is 11.4 Å². The molecule has 1 heterocycles. The summed E-state index contributed by atoms with van der Waals surface area (Å²) in [5.41, 5.74) is 7.12. The maximum Gasteiger partial charge on any atom is 0.137 e. The predicted octanol–water partition coefficient (Wildman–Crippen LogP) is 10.8. The number of para-hydroxylation sites is 1. The molecule has 1 atom stereocenters. The molecule has 4 aromatic rings. The van der Waals surface area contributed by atoms with Gasteiger partial charge in [-0.25, -0.2) is 0 Å². The Morgan fingerprint density at radius 2 is 1.42 bits per heavy atom. The highest BCUT2D eigenvalue weighted by atomic mass is 16.3. The SMILES string of the molecule is C1=CC(C2CCCCC2)CC=C1N(c1ccc(C2CCCCC2)cc1)c1cccc2oc3ccccc3c12. The lowest BCUT2D eigenvalue weighted by atomic mass is 9.77. The van der Waals surface area contributed by atoms with Gasteiger partial charge in [0.05, 0.1) is 11.1 Å². The Bertz CT molecular complexity index is 1460. The molecule has 194 valence electrons. The first-order valence-electron chi connectivity index (χ1n) is 15.0. The Morgan fingerprint density at radius 3 is 2.18 bits per heavy atom. The molecule has 0 N–H and O–H groups in total. The molecule has 1 aromatic heterocycles. The van der Waals surface area contributed by atoms with Crippen LogP contribution in [0.2, 0.25) is 0 Å². The number of nitrogens with zero attached hydrogens (tertiary/aromatic N) is 1. The second-order valence-electron chi connectivity index (χ2n) is 11.8. The molecule has 0 radical (unpaired) electrons. The Morgan fingerprint density at radius 1 is 0.684 bits per heavy atom. The summed E-state index contributed by atoms with van der Waals surface area (Å²) in [5.74, 6) is 2.25. The summed E-state index contributed by atoms with van der Waals surface area (Å²) >= 11 is 0. The van der Waals surface area contributed by atoms with E-state index in [9.17, 15) is 0 Å². The van der Waals surface area contributed by atoms with Gasteiger partial charge in [0, 0.05) is 16.8 Å². The third-order valence-electron chi connectivity index (χ3n) is 9.48. The number of rotatable bonds is 5. The van der Waals surface area contributed by atoms with E-state index in [-0.39, 0.29) is 0 Å². The van der Waals surface area contributed by atoms with Crippen LogP contribution in [0, 0.1) is 11.8 Å². The highest BCUT2D eigenvalue weighted by molar-refractivity contribution is 6.12. The van der Waals surface area contributed by atoms with Crippen LogP contribution in [-0.4, -0.2) is 0 Å². The number of hydrogen-bond acceptors (Lipinski definition) is 2. The van der Waals surface area contributed by atoms with Gasteiger partial charge >= 0.3 is 0 Å². The van der Waals surface area contributed by atoms with Crippen LogP contribution in [0.15, 0.2) is 95.1 Å². The van der Waals surface area contributed by atoms with E-state index in [1.54, 1.807) is 0 Å². The molecular formula is C36H39NO. The van der Waals surface area contributed by atoms with E-state index in [0.29, 0.717) is 5.92 Å². The van der Waals surface area contributed by atoms with Crippen LogP contribution in [0.3, 0.4) is 0 Å². The van der Waals surface area contributed by atoms with Crippen molar-refractivity contribution in [1.29, 1.82) is 0 Å². The Labute approximate surface area is 227 Å². The van der Waals surface area contributed by atoms with Crippen molar-refractivity contribution in [2.24, 2.45) is 11.8 Å². The summed E-state index contributed by atoms with van der Waals surface area (Å²) in [7, 11) is 0. The minimum absolute atomic E-state index is 0.681. The van der Waals surface area contributed by atoms with Crippen molar-refractivity contribution in [2.45, 2.75) is 76.5 Å². The zero-order valence-corrected chi connectivity index (χ0v) is 22.4. The van der Waals surface area contributed by atoms with E-state index in [1.807, 2.05) is 0 Å². The molecule has 2 heteroatoms. The van der Waals surface area contributed by atoms with E-state index in [2.05, 4.69) is 89.9 Å². The van der Waals surface area contributed by atoms with Gasteiger partial charge in [0.25, 0.3) is 0 Å². The molecule has 1 unspecified atom stereocenters. The summed E-state index contributed by atoms with van der Waals surface area (Å²) in [6.45, 7) is 0. The fourth-order valence-corrected chi connectivity index (χ4v) is 7.40. The summed E-state index contributed by atoms with van der Waals surface area (Å²) in [5, 5.41) is 2.38. The summed E-state index contributed by atoms with van der Waals surface area (Å²) in [4.78, 5) is 2.47. The van der Waals surface area contributed by atoms with Gasteiger partial charge in [-0.05, 0) is 91.8 Å². The van der Waals surface area contributed by atoms with E-state index in [4.69, 9.17) is 4.42 Å². The summed E-state index contributed by atoms with van der Waals surface area (Å²) < 4.78 is 6.30. The highest BCUT2D eigenvalue weighted by Crippen LogP contribution is 2.43. The number of benzene rings is 3. The quantitative estimate of drug-likeness (QED) is 0.270. The largest absolute Gasteiger partial charge is 0.456 e. The number of furan rings is 1. The lowest BCUT2D eigenvalue weighted by Gasteiger charge is -2.33. The third kappa shape index (κ3) is 4.49. The standard InChI is InChI=1S/C36H39NO/c1-3-10-26(11-4-1)28-18-22-30(23-19-28)37(31-24-20-29(21-25-31)27-12-5-2-6-13-27)33-15-9-17-35-36(33)32-14-7-8-16-34(32)38-35/h7-9,14-20,22-27,29H,1-6,10-13,21H2. The molecule has 2 nitrogen and oxygen atoms in total. The average Bonchev–Trinajstić information content (AvgIpc) is 3.38.